The molecular weight excluding hydrogens is 522 g/mol. The molecule has 0 atom stereocenters. The first-order valence-corrected chi connectivity index (χ1v) is 14.7. The molecule has 0 heterocycles. The molecule has 1 saturated carbocycles. The van der Waals surface area contributed by atoms with E-state index in [2.05, 4.69) is 6.92 Å². The van der Waals surface area contributed by atoms with E-state index in [1.165, 1.54) is 100 Å². The second-order valence-corrected chi connectivity index (χ2v) is 11.0. The minimum atomic E-state index is -0.649. The van der Waals surface area contributed by atoms with Crippen molar-refractivity contribution in [1.29, 1.82) is 5.26 Å². The molecule has 1 fully saturated rings. The van der Waals surface area contributed by atoms with Crippen molar-refractivity contribution in [2.45, 2.75) is 77.0 Å². The molecule has 208 valence electrons. The Bertz CT molecular complexity index is 1320. The first kappa shape index (κ1) is 29.4. The summed E-state index contributed by atoms with van der Waals surface area (Å²) < 4.78 is 10.8. The molecule has 5 nitrogen and oxygen atoms in total. The van der Waals surface area contributed by atoms with Crippen LogP contribution in [0, 0.1) is 17.2 Å². The summed E-state index contributed by atoms with van der Waals surface area (Å²) in [6.45, 7) is 2.26. The van der Waals surface area contributed by atoms with Gasteiger partial charge in [0.05, 0.1) is 27.8 Å². The number of ether oxygens (including phenoxy) is 2. The van der Waals surface area contributed by atoms with Gasteiger partial charge in [0.2, 0.25) is 0 Å². The van der Waals surface area contributed by atoms with Gasteiger partial charge in [0.1, 0.15) is 11.5 Å². The molecule has 1 aliphatic rings. The van der Waals surface area contributed by atoms with Crippen LogP contribution in [0.5, 0.6) is 11.5 Å². The van der Waals surface area contributed by atoms with Gasteiger partial charge < -0.3 is 9.47 Å². The molecule has 6 heteroatoms. The van der Waals surface area contributed by atoms with Gasteiger partial charge in [-0.25, -0.2) is 9.59 Å². The molecule has 0 saturated heterocycles. The highest BCUT2D eigenvalue weighted by molar-refractivity contribution is 6.33. The number of hydrogen-bond acceptors (Lipinski definition) is 5. The van der Waals surface area contributed by atoms with Gasteiger partial charge in [0, 0.05) is 6.07 Å². The minimum Gasteiger partial charge on any atom is -0.423 e. The Hall–Kier alpha value is -3.62. The van der Waals surface area contributed by atoms with Gasteiger partial charge in [0.25, 0.3) is 0 Å². The molecule has 40 heavy (non-hydrogen) atoms. The van der Waals surface area contributed by atoms with Crippen LogP contribution in [-0.4, -0.2) is 11.9 Å². The van der Waals surface area contributed by atoms with Crippen LogP contribution in [0.2, 0.25) is 5.02 Å². The summed E-state index contributed by atoms with van der Waals surface area (Å²) in [5.74, 6) is 0.818. The first-order valence-electron chi connectivity index (χ1n) is 14.3. The highest BCUT2D eigenvalue weighted by atomic mass is 35.5. The summed E-state index contributed by atoms with van der Waals surface area (Å²) in [6, 6.07) is 20.3. The fourth-order valence-electron chi connectivity index (χ4n) is 5.36. The molecule has 0 N–H and O–H groups in total. The Morgan fingerprint density at radius 2 is 1.48 bits per heavy atom. The summed E-state index contributed by atoms with van der Waals surface area (Å²) in [7, 11) is 0. The third kappa shape index (κ3) is 8.19. The maximum absolute atomic E-state index is 12.8. The molecule has 3 aromatic rings. The molecule has 0 amide bonds. The number of hydrogen-bond donors (Lipinski definition) is 0. The average Bonchev–Trinajstić information content (AvgIpc) is 2.98. The molecule has 1 aliphatic carbocycles. The summed E-state index contributed by atoms with van der Waals surface area (Å²) in [5, 5.41) is 9.00. The average molecular weight is 558 g/mol. The number of unbranched alkanes of at least 4 members (excludes halogenated alkanes) is 4. The summed E-state index contributed by atoms with van der Waals surface area (Å²) in [5.41, 5.74) is 2.35. The number of nitriles is 1. The molecule has 0 aromatic heterocycles. The molecule has 0 bridgehead atoms. The van der Waals surface area contributed by atoms with E-state index in [-0.39, 0.29) is 16.3 Å². The Kier molecular flexibility index (Phi) is 10.8. The van der Waals surface area contributed by atoms with Crippen molar-refractivity contribution >= 4 is 23.5 Å². The predicted octanol–water partition coefficient (Wildman–Crippen LogP) is 9.28. The minimum absolute atomic E-state index is 0.107. The van der Waals surface area contributed by atoms with Crippen LogP contribution in [0.3, 0.4) is 0 Å². The summed E-state index contributed by atoms with van der Waals surface area (Å²) in [6.07, 6.45) is 13.1. The Morgan fingerprint density at radius 3 is 2.12 bits per heavy atom. The van der Waals surface area contributed by atoms with Crippen molar-refractivity contribution in [3.05, 3.63) is 94.0 Å². The zero-order chi connectivity index (χ0) is 28.3. The van der Waals surface area contributed by atoms with Crippen molar-refractivity contribution in [3.63, 3.8) is 0 Å². The normalized spacial score (nSPS) is 16.6. The van der Waals surface area contributed by atoms with Crippen LogP contribution >= 0.6 is 11.6 Å². The zero-order valence-electron chi connectivity index (χ0n) is 23.0. The quantitative estimate of drug-likeness (QED) is 0.133. The second kappa shape index (κ2) is 14.7. The molecule has 4 rings (SSSR count). The van der Waals surface area contributed by atoms with Gasteiger partial charge in [-0.05, 0) is 91.6 Å². The number of carbonyl (C=O) groups excluding carboxylic acids is 2. The van der Waals surface area contributed by atoms with Gasteiger partial charge in [-0.3, -0.25) is 0 Å². The standard InChI is InChI=1S/C34H36ClNO4/c1-2-3-4-5-6-7-24-8-12-26(13-9-24)27-14-16-28(17-15-27)33(37)40-30-20-21-31(32(35)22-30)34(38)39-29-18-10-25(23-36)11-19-29/h10-11,14-22,24,26H,2-9,12-13H2,1H3. The van der Waals surface area contributed by atoms with E-state index in [0.29, 0.717) is 22.8 Å². The topological polar surface area (TPSA) is 76.4 Å². The number of nitrogens with zero attached hydrogens (tertiary/aromatic N) is 1. The van der Waals surface area contributed by atoms with Crippen molar-refractivity contribution in [2.75, 3.05) is 0 Å². The van der Waals surface area contributed by atoms with Crippen LogP contribution < -0.4 is 9.47 Å². The van der Waals surface area contributed by atoms with E-state index in [9.17, 15) is 9.59 Å². The molecule has 0 aliphatic heterocycles. The third-order valence-electron chi connectivity index (χ3n) is 7.75. The lowest BCUT2D eigenvalue weighted by Crippen LogP contribution is -2.14. The summed E-state index contributed by atoms with van der Waals surface area (Å²) >= 11 is 6.30. The van der Waals surface area contributed by atoms with Gasteiger partial charge in [-0.1, -0.05) is 69.2 Å². The molecule has 0 radical (unpaired) electrons. The van der Waals surface area contributed by atoms with E-state index in [1.807, 2.05) is 30.3 Å². The van der Waals surface area contributed by atoms with Crippen molar-refractivity contribution in [1.82, 2.24) is 0 Å². The fraction of sp³-hybridized carbons (Fsp3) is 0.382. The van der Waals surface area contributed by atoms with Crippen LogP contribution in [0.1, 0.15) is 109 Å². The molecular formula is C34H36ClNO4. The zero-order valence-corrected chi connectivity index (χ0v) is 23.8. The van der Waals surface area contributed by atoms with Crippen molar-refractivity contribution < 1.29 is 19.1 Å². The highest BCUT2D eigenvalue weighted by Crippen LogP contribution is 2.38. The van der Waals surface area contributed by atoms with Crippen LogP contribution in [-0.2, 0) is 0 Å². The largest absolute Gasteiger partial charge is 0.423 e. The smallest absolute Gasteiger partial charge is 0.345 e. The number of rotatable bonds is 11. The number of esters is 2. The lowest BCUT2D eigenvalue weighted by Gasteiger charge is -2.29. The molecule has 0 spiro atoms. The molecule has 0 unspecified atom stereocenters. The highest BCUT2D eigenvalue weighted by Gasteiger charge is 2.22. The van der Waals surface area contributed by atoms with Crippen LogP contribution in [0.4, 0.5) is 0 Å². The third-order valence-corrected chi connectivity index (χ3v) is 8.06. The number of benzene rings is 3. The SMILES string of the molecule is CCCCCCCC1CCC(c2ccc(C(=O)Oc3ccc(C(=O)Oc4ccc(C#N)cc4)c(Cl)c3)cc2)CC1. The monoisotopic (exact) mass is 557 g/mol. The Balaban J connectivity index is 1.27. The van der Waals surface area contributed by atoms with E-state index >= 15 is 0 Å². The van der Waals surface area contributed by atoms with E-state index in [4.69, 9.17) is 26.3 Å². The van der Waals surface area contributed by atoms with Gasteiger partial charge >= 0.3 is 11.9 Å². The maximum Gasteiger partial charge on any atom is 0.345 e. The second-order valence-electron chi connectivity index (χ2n) is 10.6. The van der Waals surface area contributed by atoms with Crippen molar-refractivity contribution in [3.8, 4) is 17.6 Å². The number of carbonyl (C=O) groups is 2. The lowest BCUT2D eigenvalue weighted by molar-refractivity contribution is 0.0730. The Labute approximate surface area is 242 Å². The fourth-order valence-corrected chi connectivity index (χ4v) is 5.61. The maximum atomic E-state index is 12.8. The summed E-state index contributed by atoms with van der Waals surface area (Å²) in [4.78, 5) is 25.3. The van der Waals surface area contributed by atoms with Gasteiger partial charge in [-0.15, -0.1) is 0 Å². The lowest BCUT2D eigenvalue weighted by atomic mass is 9.77. The Morgan fingerprint density at radius 1 is 0.825 bits per heavy atom. The first-order chi connectivity index (χ1) is 19.5. The van der Waals surface area contributed by atoms with Crippen LogP contribution in [0.25, 0.3) is 0 Å². The van der Waals surface area contributed by atoms with Crippen LogP contribution in [0.15, 0.2) is 66.7 Å². The number of halogens is 1. The van der Waals surface area contributed by atoms with Gasteiger partial charge in [0.15, 0.2) is 0 Å². The van der Waals surface area contributed by atoms with E-state index in [0.717, 1.165) is 5.92 Å². The van der Waals surface area contributed by atoms with Crippen molar-refractivity contribution in [2.24, 2.45) is 5.92 Å². The predicted molar refractivity (Wildman–Crippen MR) is 157 cm³/mol. The van der Waals surface area contributed by atoms with E-state index in [1.54, 1.807) is 12.1 Å². The van der Waals surface area contributed by atoms with E-state index < -0.39 is 11.9 Å². The molecule has 3 aromatic carbocycles. The van der Waals surface area contributed by atoms with Gasteiger partial charge in [-0.2, -0.15) is 5.26 Å².